The summed E-state index contributed by atoms with van der Waals surface area (Å²) in [7, 11) is -2.96. The highest BCUT2D eigenvalue weighted by molar-refractivity contribution is 7.98. The van der Waals surface area contributed by atoms with Crippen molar-refractivity contribution in [3.8, 4) is 0 Å². The predicted octanol–water partition coefficient (Wildman–Crippen LogP) is -2.79. The summed E-state index contributed by atoms with van der Waals surface area (Å²) >= 11 is 0. The number of benzene rings is 1. The Kier molecular flexibility index (Phi) is 4.92. The molecule has 21 heavy (non-hydrogen) atoms. The molecular formula is C13H14ClNO5S. The number of hydrogen-bond donors (Lipinski definition) is 0. The van der Waals surface area contributed by atoms with Crippen molar-refractivity contribution in [1.29, 1.82) is 0 Å². The van der Waals surface area contributed by atoms with Crippen molar-refractivity contribution in [3.63, 3.8) is 0 Å². The maximum absolute atomic E-state index is 12.2. The van der Waals surface area contributed by atoms with Crippen LogP contribution in [0.15, 0.2) is 41.3 Å². The summed E-state index contributed by atoms with van der Waals surface area (Å²) in [6.07, 6.45) is 5.27. The third kappa shape index (κ3) is 3.97. The molecule has 2 unspecified atom stereocenters. The summed E-state index contributed by atoms with van der Waals surface area (Å²) < 4.78 is 34.0. The zero-order valence-electron chi connectivity index (χ0n) is 11.2. The SMILES string of the molecule is CN1C(=O)C2CC=CC[S+]2c2ccccc21.[O-][Cl+3]([O-])([O-])[O-]. The van der Waals surface area contributed by atoms with Gasteiger partial charge in [-0.25, -0.2) is 18.6 Å². The zero-order valence-corrected chi connectivity index (χ0v) is 12.8. The minimum Gasteiger partial charge on any atom is -0.307 e. The van der Waals surface area contributed by atoms with E-state index < -0.39 is 10.2 Å². The second kappa shape index (κ2) is 6.35. The fourth-order valence-corrected chi connectivity index (χ4v) is 4.91. The summed E-state index contributed by atoms with van der Waals surface area (Å²) in [6.45, 7) is 0. The number of fused-ring (bicyclic) bond motifs is 3. The second-order valence-corrected chi connectivity index (χ2v) is 7.49. The molecule has 0 bridgehead atoms. The zero-order chi connectivity index (χ0) is 15.6. The lowest BCUT2D eigenvalue weighted by Crippen LogP contribution is -2.68. The highest BCUT2D eigenvalue weighted by Gasteiger charge is 2.46. The molecule has 2 aliphatic rings. The van der Waals surface area contributed by atoms with Gasteiger partial charge in [0.1, 0.15) is 5.75 Å². The molecule has 114 valence electrons. The third-order valence-electron chi connectivity index (χ3n) is 3.25. The maximum atomic E-state index is 12.2. The number of carbonyl (C=O) groups excluding carboxylic acids is 1. The van der Waals surface area contributed by atoms with Crippen LogP contribution in [0, 0.1) is 10.2 Å². The van der Waals surface area contributed by atoms with Crippen molar-refractivity contribution in [2.24, 2.45) is 0 Å². The van der Waals surface area contributed by atoms with Gasteiger partial charge < -0.3 is 4.90 Å². The Morgan fingerprint density at radius 3 is 2.48 bits per heavy atom. The van der Waals surface area contributed by atoms with Gasteiger partial charge in [0.25, 0.3) is 5.91 Å². The number of allylic oxidation sites excluding steroid dienone is 1. The lowest BCUT2D eigenvalue weighted by molar-refractivity contribution is -2.00. The van der Waals surface area contributed by atoms with Crippen LogP contribution in [0.4, 0.5) is 5.69 Å². The van der Waals surface area contributed by atoms with E-state index in [1.165, 1.54) is 4.90 Å². The Balaban J connectivity index is 0.000000282. The molecule has 0 radical (unpaired) electrons. The molecule has 6 nitrogen and oxygen atoms in total. The second-order valence-electron chi connectivity index (χ2n) is 4.53. The first kappa shape index (κ1) is 16.3. The van der Waals surface area contributed by atoms with E-state index in [9.17, 15) is 4.79 Å². The first-order chi connectivity index (χ1) is 9.79. The Morgan fingerprint density at radius 2 is 1.81 bits per heavy atom. The van der Waals surface area contributed by atoms with Crippen LogP contribution in [0.1, 0.15) is 6.42 Å². The van der Waals surface area contributed by atoms with E-state index in [0.29, 0.717) is 0 Å². The van der Waals surface area contributed by atoms with Gasteiger partial charge in [0, 0.05) is 24.4 Å². The standard InChI is InChI=1S/C13H14NOS.ClHO4/c1-14-10-6-2-3-7-11(10)16-9-5-4-8-12(16)13(14)15;2-1(3,4)5/h2-7,12H,8-9H2,1H3;(H,2,3,4,5)/q+1;/p-1. The Hall–Kier alpha value is -1.09. The van der Waals surface area contributed by atoms with Crippen molar-refractivity contribution in [2.75, 3.05) is 17.7 Å². The summed E-state index contributed by atoms with van der Waals surface area (Å²) in [5.41, 5.74) is 1.10. The van der Waals surface area contributed by atoms with Crippen LogP contribution >= 0.6 is 0 Å². The predicted molar refractivity (Wildman–Crippen MR) is 67.9 cm³/mol. The maximum Gasteiger partial charge on any atom is 0.280 e. The Bertz CT molecular complexity index is 554. The number of anilines is 1. The number of hydrogen-bond acceptors (Lipinski definition) is 5. The fourth-order valence-electron chi connectivity index (χ4n) is 2.38. The van der Waals surface area contributed by atoms with Crippen LogP contribution in [0.5, 0.6) is 0 Å². The molecule has 0 saturated carbocycles. The van der Waals surface area contributed by atoms with E-state index in [2.05, 4.69) is 30.4 Å². The molecule has 2 heterocycles. The van der Waals surface area contributed by atoms with Gasteiger partial charge in [-0.1, -0.05) is 18.2 Å². The Morgan fingerprint density at radius 1 is 1.19 bits per heavy atom. The quantitative estimate of drug-likeness (QED) is 0.377. The summed E-state index contributed by atoms with van der Waals surface area (Å²) in [6, 6.07) is 8.30. The van der Waals surface area contributed by atoms with Gasteiger partial charge in [0.2, 0.25) is 5.25 Å². The molecule has 8 heteroatoms. The monoisotopic (exact) mass is 331 g/mol. The average Bonchev–Trinajstić information content (AvgIpc) is 2.43. The fraction of sp³-hybridized carbons (Fsp3) is 0.308. The van der Waals surface area contributed by atoms with Crippen LogP contribution in [-0.4, -0.2) is 24.0 Å². The number of para-hydroxylation sites is 1. The molecule has 0 aromatic heterocycles. The highest BCUT2D eigenvalue weighted by Crippen LogP contribution is 2.37. The van der Waals surface area contributed by atoms with Crippen LogP contribution < -0.4 is 23.5 Å². The summed E-state index contributed by atoms with van der Waals surface area (Å²) in [4.78, 5) is 15.4. The Labute approximate surface area is 127 Å². The molecule has 0 fully saturated rings. The molecule has 2 aliphatic heterocycles. The lowest BCUT2D eigenvalue weighted by Gasteiger charge is -2.31. The van der Waals surface area contributed by atoms with Gasteiger partial charge >= 0.3 is 0 Å². The lowest BCUT2D eigenvalue weighted by atomic mass is 10.2. The van der Waals surface area contributed by atoms with Crippen molar-refractivity contribution in [1.82, 2.24) is 0 Å². The van der Waals surface area contributed by atoms with E-state index in [4.69, 9.17) is 18.6 Å². The molecule has 0 N–H and O–H groups in total. The summed E-state index contributed by atoms with van der Waals surface area (Å²) in [5, 5.41) is 0.185. The number of carbonyl (C=O) groups is 1. The van der Waals surface area contributed by atoms with Gasteiger partial charge in [-0.3, -0.25) is 4.79 Å². The highest BCUT2D eigenvalue weighted by atomic mass is 35.7. The first-order valence-electron chi connectivity index (χ1n) is 6.12. The van der Waals surface area contributed by atoms with E-state index in [-0.39, 0.29) is 22.1 Å². The molecule has 2 atom stereocenters. The van der Waals surface area contributed by atoms with Gasteiger partial charge in [-0.15, -0.1) is 10.2 Å². The summed E-state index contributed by atoms with van der Waals surface area (Å²) in [5.74, 6) is 1.31. The van der Waals surface area contributed by atoms with E-state index in [1.807, 2.05) is 18.0 Å². The topological polar surface area (TPSA) is 113 Å². The third-order valence-corrected chi connectivity index (χ3v) is 5.79. The number of amides is 1. The minimum atomic E-state index is -4.94. The molecule has 3 rings (SSSR count). The molecule has 1 amide bonds. The van der Waals surface area contributed by atoms with Gasteiger partial charge in [0.15, 0.2) is 4.90 Å². The van der Waals surface area contributed by atoms with E-state index in [1.54, 1.807) is 0 Å². The first-order valence-corrected chi connectivity index (χ1v) is 8.81. The van der Waals surface area contributed by atoms with Gasteiger partial charge in [-0.05, 0) is 18.2 Å². The molecule has 1 aromatic rings. The van der Waals surface area contributed by atoms with Crippen molar-refractivity contribution in [3.05, 3.63) is 36.4 Å². The molecule has 0 aliphatic carbocycles. The van der Waals surface area contributed by atoms with Crippen molar-refractivity contribution < 1.29 is 33.7 Å². The van der Waals surface area contributed by atoms with Crippen molar-refractivity contribution >= 4 is 22.5 Å². The average molecular weight is 332 g/mol. The van der Waals surface area contributed by atoms with Crippen LogP contribution in [0.25, 0.3) is 0 Å². The van der Waals surface area contributed by atoms with Gasteiger partial charge in [0.05, 0.1) is 5.69 Å². The molecule has 0 spiro atoms. The normalized spacial score (nSPS) is 23.9. The minimum absolute atomic E-state index is 0.0936. The smallest absolute Gasteiger partial charge is 0.280 e. The number of rotatable bonds is 0. The molecular weight excluding hydrogens is 318 g/mol. The van der Waals surface area contributed by atoms with Crippen LogP contribution in [-0.2, 0) is 15.7 Å². The number of nitrogens with zero attached hydrogens (tertiary/aromatic N) is 1. The molecule has 0 saturated heterocycles. The number of halogens is 1. The largest absolute Gasteiger partial charge is 0.307 e. The molecule has 1 aromatic carbocycles. The van der Waals surface area contributed by atoms with Crippen LogP contribution in [0.3, 0.4) is 0 Å². The van der Waals surface area contributed by atoms with Crippen molar-refractivity contribution in [2.45, 2.75) is 16.6 Å². The van der Waals surface area contributed by atoms with Gasteiger partial charge in [-0.2, -0.15) is 0 Å². The van der Waals surface area contributed by atoms with E-state index >= 15 is 0 Å². The van der Waals surface area contributed by atoms with E-state index in [0.717, 1.165) is 17.9 Å². The van der Waals surface area contributed by atoms with Crippen LogP contribution in [0.2, 0.25) is 0 Å².